The lowest BCUT2D eigenvalue weighted by Gasteiger charge is -2.18. The van der Waals surface area contributed by atoms with Crippen LogP contribution in [0.3, 0.4) is 0 Å². The lowest BCUT2D eigenvalue weighted by atomic mass is 10.3. The summed E-state index contributed by atoms with van der Waals surface area (Å²) < 4.78 is 24.7. The van der Waals surface area contributed by atoms with Gasteiger partial charge in [0.05, 0.1) is 11.5 Å². The molecule has 0 radical (unpaired) electrons. The van der Waals surface area contributed by atoms with Gasteiger partial charge in [-0.1, -0.05) is 6.92 Å². The summed E-state index contributed by atoms with van der Waals surface area (Å²) >= 11 is 0. The zero-order valence-electron chi connectivity index (χ0n) is 10.8. The van der Waals surface area contributed by atoms with Crippen molar-refractivity contribution < 1.29 is 13.7 Å². The standard InChI is InChI=1S/C11H16F2N4O2/c1-3-6-14-10-5-4-8(17(18)19)11(15-10)16(2)7-9(12)13/h4-5,9H,3,6-7H2,1-2H3,(H,14,15). The number of hydrogen-bond acceptors (Lipinski definition) is 5. The average molecular weight is 274 g/mol. The second-order valence-corrected chi connectivity index (χ2v) is 3.99. The van der Waals surface area contributed by atoms with Crippen LogP contribution in [-0.4, -0.2) is 36.5 Å². The predicted octanol–water partition coefficient (Wildman–Crippen LogP) is 2.51. The van der Waals surface area contributed by atoms with Crippen LogP contribution in [0, 0.1) is 10.1 Å². The Labute approximate surface area is 109 Å². The number of alkyl halides is 2. The molecule has 6 nitrogen and oxygen atoms in total. The van der Waals surface area contributed by atoms with E-state index in [1.165, 1.54) is 19.2 Å². The summed E-state index contributed by atoms with van der Waals surface area (Å²) in [4.78, 5) is 15.3. The van der Waals surface area contributed by atoms with E-state index in [9.17, 15) is 18.9 Å². The van der Waals surface area contributed by atoms with Gasteiger partial charge >= 0.3 is 5.69 Å². The van der Waals surface area contributed by atoms with E-state index in [4.69, 9.17) is 0 Å². The van der Waals surface area contributed by atoms with E-state index in [-0.39, 0.29) is 11.5 Å². The van der Waals surface area contributed by atoms with Gasteiger partial charge in [0.15, 0.2) is 0 Å². The van der Waals surface area contributed by atoms with Crippen molar-refractivity contribution >= 4 is 17.3 Å². The third-order valence-electron chi connectivity index (χ3n) is 2.38. The van der Waals surface area contributed by atoms with Gasteiger partial charge in [-0.15, -0.1) is 0 Å². The summed E-state index contributed by atoms with van der Waals surface area (Å²) in [5, 5.41) is 13.8. The summed E-state index contributed by atoms with van der Waals surface area (Å²) in [6.07, 6.45) is -1.72. The predicted molar refractivity (Wildman–Crippen MR) is 68.9 cm³/mol. The Bertz CT molecular complexity index is 443. The number of halogens is 2. The summed E-state index contributed by atoms with van der Waals surface area (Å²) in [5.74, 6) is 0.370. The van der Waals surface area contributed by atoms with Crippen LogP contribution in [0.2, 0.25) is 0 Å². The Hall–Kier alpha value is -1.99. The van der Waals surface area contributed by atoms with Crippen LogP contribution >= 0.6 is 0 Å². The largest absolute Gasteiger partial charge is 0.370 e. The normalized spacial score (nSPS) is 10.6. The molecule has 106 valence electrons. The molecule has 0 bridgehead atoms. The number of hydrogen-bond donors (Lipinski definition) is 1. The monoisotopic (exact) mass is 274 g/mol. The number of pyridine rings is 1. The van der Waals surface area contributed by atoms with Crippen molar-refractivity contribution in [2.75, 3.05) is 30.4 Å². The van der Waals surface area contributed by atoms with Crippen molar-refractivity contribution in [1.82, 2.24) is 4.98 Å². The molecule has 0 aliphatic rings. The molecule has 1 N–H and O–H groups in total. The Morgan fingerprint density at radius 3 is 2.74 bits per heavy atom. The zero-order valence-corrected chi connectivity index (χ0v) is 10.8. The molecule has 1 aromatic heterocycles. The van der Waals surface area contributed by atoms with Crippen molar-refractivity contribution in [3.05, 3.63) is 22.2 Å². The Kier molecular flexibility index (Phi) is 5.40. The lowest BCUT2D eigenvalue weighted by molar-refractivity contribution is -0.384. The second kappa shape index (κ2) is 6.81. The molecule has 0 aliphatic carbocycles. The minimum Gasteiger partial charge on any atom is -0.370 e. The molecular formula is C11H16F2N4O2. The van der Waals surface area contributed by atoms with Crippen molar-refractivity contribution in [3.63, 3.8) is 0 Å². The fourth-order valence-corrected chi connectivity index (χ4v) is 1.51. The number of nitrogens with zero attached hydrogens (tertiary/aromatic N) is 3. The van der Waals surface area contributed by atoms with Crippen LogP contribution < -0.4 is 10.2 Å². The highest BCUT2D eigenvalue weighted by Crippen LogP contribution is 2.27. The van der Waals surface area contributed by atoms with E-state index in [0.717, 1.165) is 11.3 Å². The maximum absolute atomic E-state index is 12.4. The van der Waals surface area contributed by atoms with E-state index in [2.05, 4.69) is 10.3 Å². The molecule has 0 spiro atoms. The van der Waals surface area contributed by atoms with Crippen LogP contribution in [0.25, 0.3) is 0 Å². The molecule has 8 heteroatoms. The van der Waals surface area contributed by atoms with E-state index in [1.54, 1.807) is 0 Å². The first-order valence-electron chi connectivity index (χ1n) is 5.84. The van der Waals surface area contributed by atoms with Gasteiger partial charge in [-0.05, 0) is 12.5 Å². The molecule has 0 atom stereocenters. The van der Waals surface area contributed by atoms with Gasteiger partial charge in [-0.25, -0.2) is 13.8 Å². The molecule has 0 unspecified atom stereocenters. The maximum atomic E-state index is 12.4. The van der Waals surface area contributed by atoms with Crippen molar-refractivity contribution in [2.24, 2.45) is 0 Å². The smallest absolute Gasteiger partial charge is 0.311 e. The molecule has 0 fully saturated rings. The molecule has 0 saturated carbocycles. The Morgan fingerprint density at radius 1 is 1.53 bits per heavy atom. The first-order chi connectivity index (χ1) is 8.95. The lowest BCUT2D eigenvalue weighted by Crippen LogP contribution is -2.26. The minimum absolute atomic E-state index is 0.0635. The molecule has 0 aliphatic heterocycles. The zero-order chi connectivity index (χ0) is 14.4. The van der Waals surface area contributed by atoms with Crippen molar-refractivity contribution in [3.8, 4) is 0 Å². The van der Waals surface area contributed by atoms with Gasteiger partial charge in [0.25, 0.3) is 6.43 Å². The first-order valence-corrected chi connectivity index (χ1v) is 5.84. The second-order valence-electron chi connectivity index (χ2n) is 3.99. The van der Waals surface area contributed by atoms with Crippen LogP contribution in [0.1, 0.15) is 13.3 Å². The molecule has 0 amide bonds. The first kappa shape index (κ1) is 15.1. The third kappa shape index (κ3) is 4.31. The van der Waals surface area contributed by atoms with Gasteiger partial charge in [-0.2, -0.15) is 0 Å². The van der Waals surface area contributed by atoms with E-state index in [1.807, 2.05) is 6.92 Å². The minimum atomic E-state index is -2.58. The molecule has 1 rings (SSSR count). The van der Waals surface area contributed by atoms with Gasteiger partial charge in [0.2, 0.25) is 5.82 Å². The van der Waals surface area contributed by atoms with Gasteiger partial charge in [0, 0.05) is 19.7 Å². The molecule has 19 heavy (non-hydrogen) atoms. The number of aromatic nitrogens is 1. The fourth-order valence-electron chi connectivity index (χ4n) is 1.51. The van der Waals surface area contributed by atoms with E-state index >= 15 is 0 Å². The topological polar surface area (TPSA) is 71.3 Å². The quantitative estimate of drug-likeness (QED) is 0.611. The highest BCUT2D eigenvalue weighted by atomic mass is 19.3. The fraction of sp³-hybridized carbons (Fsp3) is 0.545. The van der Waals surface area contributed by atoms with Crippen molar-refractivity contribution in [2.45, 2.75) is 19.8 Å². The number of nitrogens with one attached hydrogen (secondary N) is 1. The highest BCUT2D eigenvalue weighted by Gasteiger charge is 2.21. The van der Waals surface area contributed by atoms with Crippen LogP contribution in [0.5, 0.6) is 0 Å². The summed E-state index contributed by atoms with van der Waals surface area (Å²) in [7, 11) is 1.35. The molecule has 0 saturated heterocycles. The van der Waals surface area contributed by atoms with Crippen LogP contribution in [0.15, 0.2) is 12.1 Å². The molecular weight excluding hydrogens is 258 g/mol. The number of anilines is 2. The summed E-state index contributed by atoms with van der Waals surface area (Å²) in [6, 6.07) is 2.73. The van der Waals surface area contributed by atoms with Crippen LogP contribution in [0.4, 0.5) is 26.1 Å². The number of rotatable bonds is 7. The summed E-state index contributed by atoms with van der Waals surface area (Å²) in [6.45, 7) is 2.01. The highest BCUT2D eigenvalue weighted by molar-refractivity contribution is 5.61. The SMILES string of the molecule is CCCNc1ccc([N+](=O)[O-])c(N(C)CC(F)F)n1. The average Bonchev–Trinajstić information content (AvgIpc) is 2.35. The Morgan fingerprint density at radius 2 is 2.21 bits per heavy atom. The van der Waals surface area contributed by atoms with Crippen molar-refractivity contribution in [1.29, 1.82) is 0 Å². The van der Waals surface area contributed by atoms with E-state index < -0.39 is 17.9 Å². The maximum Gasteiger partial charge on any atom is 0.311 e. The summed E-state index contributed by atoms with van der Waals surface area (Å²) in [5.41, 5.74) is -0.287. The van der Waals surface area contributed by atoms with Crippen LogP contribution in [-0.2, 0) is 0 Å². The molecule has 1 aromatic rings. The Balaban J connectivity index is 3.04. The van der Waals surface area contributed by atoms with Gasteiger partial charge < -0.3 is 10.2 Å². The molecule has 1 heterocycles. The van der Waals surface area contributed by atoms with E-state index in [0.29, 0.717) is 12.4 Å². The third-order valence-corrected chi connectivity index (χ3v) is 2.38. The number of nitro groups is 1. The van der Waals surface area contributed by atoms with Gasteiger partial charge in [0.1, 0.15) is 5.82 Å². The van der Waals surface area contributed by atoms with Gasteiger partial charge in [-0.3, -0.25) is 10.1 Å². The molecule has 0 aromatic carbocycles.